The highest BCUT2D eigenvalue weighted by Gasteiger charge is 2.59. The van der Waals surface area contributed by atoms with Gasteiger partial charge in [-0.25, -0.2) is 0 Å². The van der Waals surface area contributed by atoms with Gasteiger partial charge in [-0.2, -0.15) is 10.2 Å². The van der Waals surface area contributed by atoms with E-state index in [9.17, 15) is 10.1 Å². The van der Waals surface area contributed by atoms with Gasteiger partial charge in [0.25, 0.3) is 0 Å². The van der Waals surface area contributed by atoms with Crippen LogP contribution in [-0.2, 0) is 24.9 Å². The lowest BCUT2D eigenvalue weighted by molar-refractivity contribution is -0.385. The van der Waals surface area contributed by atoms with Gasteiger partial charge < -0.3 is 4.42 Å². The van der Waals surface area contributed by atoms with Gasteiger partial charge in [-0.3, -0.25) is 19.5 Å². The van der Waals surface area contributed by atoms with E-state index in [-0.39, 0.29) is 21.6 Å². The van der Waals surface area contributed by atoms with E-state index >= 15 is 0 Å². The molecule has 174 valence electrons. The molecular weight excluding hydrogens is 422 g/mol. The SMILES string of the molecule is Cc1cc(C)n(CCc2nnc(CC34CC5CC(C3)CC(n3cc([N+](=O)[O-])cn3)(C5)C4)o2)n1. The number of hydrogen-bond acceptors (Lipinski definition) is 7. The van der Waals surface area contributed by atoms with Crippen LogP contribution in [0.15, 0.2) is 22.9 Å². The second-order valence-electron chi connectivity index (χ2n) is 10.8. The third kappa shape index (κ3) is 3.55. The zero-order valence-corrected chi connectivity index (χ0v) is 19.1. The first-order valence-electron chi connectivity index (χ1n) is 11.8. The lowest BCUT2D eigenvalue weighted by Gasteiger charge is -2.61. The van der Waals surface area contributed by atoms with Crippen LogP contribution >= 0.6 is 0 Å². The number of aryl methyl sites for hydroxylation is 4. The maximum Gasteiger partial charge on any atom is 0.307 e. The molecule has 0 aliphatic heterocycles. The Morgan fingerprint density at radius 2 is 1.94 bits per heavy atom. The molecule has 3 aromatic rings. The quantitative estimate of drug-likeness (QED) is 0.396. The van der Waals surface area contributed by atoms with E-state index in [0.717, 1.165) is 56.5 Å². The summed E-state index contributed by atoms with van der Waals surface area (Å²) in [7, 11) is 0. The molecule has 3 heterocycles. The van der Waals surface area contributed by atoms with Crippen LogP contribution in [0.1, 0.15) is 61.7 Å². The fraction of sp³-hybridized carbons (Fsp3) is 0.652. The molecule has 4 aliphatic carbocycles. The van der Waals surface area contributed by atoms with Crippen molar-refractivity contribution in [3.8, 4) is 0 Å². The van der Waals surface area contributed by atoms with Crippen LogP contribution in [0.2, 0.25) is 0 Å². The van der Waals surface area contributed by atoms with Crippen LogP contribution < -0.4 is 0 Å². The van der Waals surface area contributed by atoms with Gasteiger partial charge in [-0.1, -0.05) is 0 Å². The zero-order valence-electron chi connectivity index (χ0n) is 19.1. The Bertz CT molecular complexity index is 1190. The summed E-state index contributed by atoms with van der Waals surface area (Å²) in [5.74, 6) is 2.62. The summed E-state index contributed by atoms with van der Waals surface area (Å²) >= 11 is 0. The van der Waals surface area contributed by atoms with E-state index in [1.165, 1.54) is 12.6 Å². The maximum atomic E-state index is 11.2. The van der Waals surface area contributed by atoms with Crippen LogP contribution in [-0.4, -0.2) is 34.7 Å². The monoisotopic (exact) mass is 451 g/mol. The van der Waals surface area contributed by atoms with Gasteiger partial charge in [0.1, 0.15) is 12.4 Å². The molecule has 0 aromatic carbocycles. The van der Waals surface area contributed by atoms with E-state index in [1.54, 1.807) is 6.20 Å². The fourth-order valence-electron chi connectivity index (χ4n) is 7.43. The number of hydrogen-bond donors (Lipinski definition) is 0. The van der Waals surface area contributed by atoms with Crippen molar-refractivity contribution < 1.29 is 9.34 Å². The van der Waals surface area contributed by atoms with E-state index in [1.807, 2.05) is 16.3 Å². The summed E-state index contributed by atoms with van der Waals surface area (Å²) in [6, 6.07) is 2.07. The Kier molecular flexibility index (Phi) is 4.50. The first kappa shape index (κ1) is 20.6. The smallest absolute Gasteiger partial charge is 0.307 e. The summed E-state index contributed by atoms with van der Waals surface area (Å²) in [4.78, 5) is 10.9. The van der Waals surface area contributed by atoms with Gasteiger partial charge in [-0.05, 0) is 75.7 Å². The molecule has 10 heteroatoms. The predicted molar refractivity (Wildman–Crippen MR) is 117 cm³/mol. The predicted octanol–water partition coefficient (Wildman–Crippen LogP) is 3.77. The topological polar surface area (TPSA) is 118 Å². The molecule has 7 rings (SSSR count). The molecule has 0 amide bonds. The van der Waals surface area contributed by atoms with Crippen LogP contribution in [0.3, 0.4) is 0 Å². The second kappa shape index (κ2) is 7.23. The van der Waals surface area contributed by atoms with Crippen molar-refractivity contribution in [1.29, 1.82) is 0 Å². The van der Waals surface area contributed by atoms with Crippen LogP contribution in [0, 0.1) is 41.2 Å². The zero-order chi connectivity index (χ0) is 22.8. The summed E-state index contributed by atoms with van der Waals surface area (Å²) in [6.07, 6.45) is 11.1. The summed E-state index contributed by atoms with van der Waals surface area (Å²) in [5.41, 5.74) is 2.19. The Morgan fingerprint density at radius 3 is 2.61 bits per heavy atom. The van der Waals surface area contributed by atoms with Gasteiger partial charge in [0.05, 0.1) is 16.2 Å². The minimum absolute atomic E-state index is 0.0731. The van der Waals surface area contributed by atoms with E-state index in [2.05, 4.69) is 33.4 Å². The first-order valence-corrected chi connectivity index (χ1v) is 11.8. The maximum absolute atomic E-state index is 11.2. The average Bonchev–Trinajstić information content (AvgIpc) is 3.45. The van der Waals surface area contributed by atoms with Crippen LogP contribution in [0.5, 0.6) is 0 Å². The third-order valence-electron chi connectivity index (χ3n) is 8.09. The molecule has 0 saturated heterocycles. The van der Waals surface area contributed by atoms with Crippen molar-refractivity contribution in [2.45, 2.75) is 77.3 Å². The molecule has 33 heavy (non-hydrogen) atoms. The standard InChI is InChI=1S/C23H29N7O3/c1-15-5-16(2)28(27-15)4-3-20-25-26-21(33-20)11-22-7-17-6-18(8-22)10-23(9-17,14-22)29-13-19(12-24-29)30(31)32/h5,12-13,17-18H,3-4,6-11,14H2,1-2H3. The molecule has 2 atom stereocenters. The molecule has 0 N–H and O–H groups in total. The number of nitrogens with zero attached hydrogens (tertiary/aromatic N) is 7. The molecule has 4 bridgehead atoms. The number of nitro groups is 1. The molecule has 10 nitrogen and oxygen atoms in total. The molecule has 2 unspecified atom stereocenters. The normalized spacial score (nSPS) is 30.2. The molecule has 4 aliphatic rings. The molecule has 0 spiro atoms. The summed E-state index contributed by atoms with van der Waals surface area (Å²) in [6.45, 7) is 4.77. The number of rotatable bonds is 7. The second-order valence-corrected chi connectivity index (χ2v) is 10.8. The lowest BCUT2D eigenvalue weighted by Crippen LogP contribution is -2.57. The Balaban J connectivity index is 1.20. The van der Waals surface area contributed by atoms with E-state index in [4.69, 9.17) is 4.42 Å². The minimum Gasteiger partial charge on any atom is -0.425 e. The van der Waals surface area contributed by atoms with Gasteiger partial charge in [0, 0.05) is 25.1 Å². The van der Waals surface area contributed by atoms with Gasteiger partial charge in [0.2, 0.25) is 11.8 Å². The Morgan fingerprint density at radius 1 is 1.18 bits per heavy atom. The third-order valence-corrected chi connectivity index (χ3v) is 8.09. The van der Waals surface area contributed by atoms with Crippen molar-refractivity contribution in [3.05, 3.63) is 51.7 Å². The van der Waals surface area contributed by atoms with E-state index < -0.39 is 0 Å². The van der Waals surface area contributed by atoms with Gasteiger partial charge >= 0.3 is 5.69 Å². The molecule has 4 fully saturated rings. The highest BCUT2D eigenvalue weighted by molar-refractivity contribution is 5.23. The van der Waals surface area contributed by atoms with Crippen molar-refractivity contribution in [1.82, 2.24) is 29.8 Å². The van der Waals surface area contributed by atoms with Crippen LogP contribution in [0.4, 0.5) is 5.69 Å². The largest absolute Gasteiger partial charge is 0.425 e. The highest BCUT2D eigenvalue weighted by Crippen LogP contribution is 2.65. The fourth-order valence-corrected chi connectivity index (χ4v) is 7.43. The highest BCUT2D eigenvalue weighted by atomic mass is 16.6. The van der Waals surface area contributed by atoms with Crippen LogP contribution in [0.25, 0.3) is 0 Å². The van der Waals surface area contributed by atoms with Crippen molar-refractivity contribution >= 4 is 5.69 Å². The van der Waals surface area contributed by atoms with Gasteiger partial charge in [-0.15, -0.1) is 10.2 Å². The van der Waals surface area contributed by atoms with Gasteiger partial charge in [0.15, 0.2) is 0 Å². The van der Waals surface area contributed by atoms with E-state index in [0.29, 0.717) is 30.0 Å². The van der Waals surface area contributed by atoms with Crippen molar-refractivity contribution in [3.63, 3.8) is 0 Å². The summed E-state index contributed by atoms with van der Waals surface area (Å²) < 4.78 is 9.98. The molecule has 3 aromatic heterocycles. The molecular formula is C23H29N7O3. The van der Waals surface area contributed by atoms with Crippen molar-refractivity contribution in [2.75, 3.05) is 0 Å². The molecule has 4 saturated carbocycles. The minimum atomic E-state index is -0.355. The Hall–Kier alpha value is -3.04. The summed E-state index contributed by atoms with van der Waals surface area (Å²) in [5, 5.41) is 28.9. The average molecular weight is 452 g/mol. The van der Waals surface area contributed by atoms with Crippen molar-refractivity contribution in [2.24, 2.45) is 17.3 Å². The Labute approximate surface area is 191 Å². The molecule has 0 radical (unpaired) electrons. The first-order chi connectivity index (χ1) is 15.8. The lowest BCUT2D eigenvalue weighted by atomic mass is 9.46. The number of aromatic nitrogens is 6.